The Hall–Kier alpha value is -0.850. The Morgan fingerprint density at radius 1 is 1.44 bits per heavy atom. The van der Waals surface area contributed by atoms with Gasteiger partial charge in [-0.05, 0) is 31.9 Å². The average Bonchev–Trinajstić information content (AvgIpc) is 1.80. The fourth-order valence-corrected chi connectivity index (χ4v) is 0.698. The largest absolute Gasteiger partial charge is 0.261 e. The molecular weight excluding hydrogens is 110 g/mol. The summed E-state index contributed by atoms with van der Waals surface area (Å²) in [5.74, 6) is 0. The van der Waals surface area contributed by atoms with Crippen molar-refractivity contribution in [2.45, 2.75) is 13.8 Å². The lowest BCUT2D eigenvalue weighted by molar-refractivity contribution is 1.15. The van der Waals surface area contributed by atoms with Crippen LogP contribution < -0.4 is 0 Å². The van der Waals surface area contributed by atoms with Gasteiger partial charge >= 0.3 is 0 Å². The number of aromatic nitrogens is 1. The van der Waals surface area contributed by atoms with Gasteiger partial charge in [-0.2, -0.15) is 0 Å². The third-order valence-corrected chi connectivity index (χ3v) is 1.33. The second-order valence-electron chi connectivity index (χ2n) is 2.26. The van der Waals surface area contributed by atoms with E-state index in [1.54, 1.807) is 0 Å². The molecule has 1 aromatic rings. The van der Waals surface area contributed by atoms with Crippen molar-refractivity contribution >= 4 is 0 Å². The van der Waals surface area contributed by atoms with E-state index in [0.29, 0.717) is 0 Å². The Labute approximate surface area is 55.7 Å². The van der Waals surface area contributed by atoms with E-state index in [9.17, 15) is 0 Å². The maximum Gasteiger partial charge on any atom is 0.0404 e. The zero-order chi connectivity index (χ0) is 6.85. The zero-order valence-electron chi connectivity index (χ0n) is 5.81. The van der Waals surface area contributed by atoms with E-state index >= 15 is 0 Å². The van der Waals surface area contributed by atoms with Crippen LogP contribution in [0.3, 0.4) is 0 Å². The fraction of sp³-hybridized carbons (Fsp3) is 0.250. The Balaban J connectivity index is 3.17. The first-order valence-electron chi connectivity index (χ1n) is 2.95. The molecule has 0 aromatic carbocycles. The van der Waals surface area contributed by atoms with E-state index in [0.717, 1.165) is 11.3 Å². The van der Waals surface area contributed by atoms with Gasteiger partial charge in [0.15, 0.2) is 0 Å². The summed E-state index contributed by atoms with van der Waals surface area (Å²) in [6.45, 7) is 7.79. The molecule has 0 bridgehead atoms. The summed E-state index contributed by atoms with van der Waals surface area (Å²) < 4.78 is 0. The number of nitrogens with zero attached hydrogens (tertiary/aromatic N) is 1. The first-order chi connectivity index (χ1) is 4.20. The summed E-state index contributed by atoms with van der Waals surface area (Å²) in [5, 5.41) is 0. The Bertz CT molecular complexity index is 216. The van der Waals surface area contributed by atoms with Crippen molar-refractivity contribution in [3.05, 3.63) is 36.0 Å². The van der Waals surface area contributed by atoms with Gasteiger partial charge in [-0.15, -0.1) is 0 Å². The van der Waals surface area contributed by atoms with Gasteiger partial charge in [-0.1, -0.05) is 6.07 Å². The molecule has 9 heavy (non-hydrogen) atoms. The second kappa shape index (κ2) is 2.18. The summed E-state index contributed by atoms with van der Waals surface area (Å²) in [7, 11) is 0. The lowest BCUT2D eigenvalue weighted by Gasteiger charge is -1.97. The van der Waals surface area contributed by atoms with Crippen LogP contribution in [0.25, 0.3) is 0 Å². The minimum atomic E-state index is 1.01. The SMILES string of the molecule is [CH2]c1cc(C)cnc1C. The molecular formula is C8H10N. The number of pyridine rings is 1. The fourth-order valence-electron chi connectivity index (χ4n) is 0.698. The normalized spacial score (nSPS) is 9.67. The highest BCUT2D eigenvalue weighted by Gasteiger charge is 1.90. The summed E-state index contributed by atoms with van der Waals surface area (Å²) in [6.07, 6.45) is 1.85. The molecule has 47 valence electrons. The molecule has 0 unspecified atom stereocenters. The molecule has 0 spiro atoms. The summed E-state index contributed by atoms with van der Waals surface area (Å²) >= 11 is 0. The van der Waals surface area contributed by atoms with Crippen LogP contribution in [0.5, 0.6) is 0 Å². The number of aryl methyl sites for hydroxylation is 2. The predicted molar refractivity (Wildman–Crippen MR) is 38.2 cm³/mol. The van der Waals surface area contributed by atoms with Crippen LogP contribution in [0.2, 0.25) is 0 Å². The smallest absolute Gasteiger partial charge is 0.0404 e. The van der Waals surface area contributed by atoms with Crippen LogP contribution in [0.4, 0.5) is 0 Å². The quantitative estimate of drug-likeness (QED) is 0.509. The van der Waals surface area contributed by atoms with Gasteiger partial charge in [0, 0.05) is 11.9 Å². The zero-order valence-corrected chi connectivity index (χ0v) is 5.81. The minimum absolute atomic E-state index is 1.01. The highest BCUT2D eigenvalue weighted by molar-refractivity contribution is 5.25. The third-order valence-electron chi connectivity index (χ3n) is 1.33. The molecule has 1 nitrogen and oxygen atoms in total. The Morgan fingerprint density at radius 3 is 2.56 bits per heavy atom. The summed E-state index contributed by atoms with van der Waals surface area (Å²) in [5.41, 5.74) is 3.21. The first kappa shape index (κ1) is 6.27. The van der Waals surface area contributed by atoms with Gasteiger partial charge < -0.3 is 0 Å². The number of rotatable bonds is 0. The highest BCUT2D eigenvalue weighted by Crippen LogP contribution is 2.03. The molecule has 0 saturated heterocycles. The van der Waals surface area contributed by atoms with Gasteiger partial charge in [0.05, 0.1) is 0 Å². The van der Waals surface area contributed by atoms with Crippen molar-refractivity contribution in [2.75, 3.05) is 0 Å². The van der Waals surface area contributed by atoms with Crippen LogP contribution in [0, 0.1) is 20.8 Å². The maximum absolute atomic E-state index is 4.12. The lowest BCUT2D eigenvalue weighted by Crippen LogP contribution is -1.85. The number of hydrogen-bond donors (Lipinski definition) is 0. The van der Waals surface area contributed by atoms with Crippen molar-refractivity contribution in [3.63, 3.8) is 0 Å². The molecule has 0 saturated carbocycles. The molecule has 0 aliphatic rings. The second-order valence-corrected chi connectivity index (χ2v) is 2.26. The van der Waals surface area contributed by atoms with Crippen LogP contribution in [-0.4, -0.2) is 4.98 Å². The van der Waals surface area contributed by atoms with Crippen molar-refractivity contribution in [3.8, 4) is 0 Å². The van der Waals surface area contributed by atoms with Gasteiger partial charge in [0.1, 0.15) is 0 Å². The lowest BCUT2D eigenvalue weighted by atomic mass is 10.2. The van der Waals surface area contributed by atoms with Crippen molar-refractivity contribution in [1.29, 1.82) is 0 Å². The molecule has 0 amide bonds. The molecule has 0 N–H and O–H groups in total. The van der Waals surface area contributed by atoms with Crippen LogP contribution in [0.15, 0.2) is 12.3 Å². The molecule has 1 heteroatoms. The van der Waals surface area contributed by atoms with E-state index < -0.39 is 0 Å². The maximum atomic E-state index is 4.12. The third kappa shape index (κ3) is 1.28. The molecule has 1 radical (unpaired) electrons. The summed E-state index contributed by atoms with van der Waals surface area (Å²) in [6, 6.07) is 2.03. The standard InChI is InChI=1S/C8H10N/c1-6-4-7(2)8(3)9-5-6/h4-5H,2H2,1,3H3. The van der Waals surface area contributed by atoms with Crippen LogP contribution in [0.1, 0.15) is 16.8 Å². The molecule has 1 heterocycles. The highest BCUT2D eigenvalue weighted by atomic mass is 14.7. The van der Waals surface area contributed by atoms with E-state index in [4.69, 9.17) is 0 Å². The average molecular weight is 120 g/mol. The van der Waals surface area contributed by atoms with Crippen LogP contribution >= 0.6 is 0 Å². The molecule has 0 aliphatic carbocycles. The number of hydrogen-bond acceptors (Lipinski definition) is 1. The summed E-state index contributed by atoms with van der Waals surface area (Å²) in [4.78, 5) is 4.12. The van der Waals surface area contributed by atoms with Crippen molar-refractivity contribution in [1.82, 2.24) is 4.98 Å². The van der Waals surface area contributed by atoms with E-state index in [1.165, 1.54) is 5.56 Å². The van der Waals surface area contributed by atoms with E-state index in [-0.39, 0.29) is 0 Å². The predicted octanol–water partition coefficient (Wildman–Crippen LogP) is 1.88. The molecule has 1 rings (SSSR count). The monoisotopic (exact) mass is 120 g/mol. The van der Waals surface area contributed by atoms with E-state index in [1.807, 2.05) is 26.1 Å². The first-order valence-corrected chi connectivity index (χ1v) is 2.95. The Morgan fingerprint density at radius 2 is 2.11 bits per heavy atom. The van der Waals surface area contributed by atoms with Gasteiger partial charge in [0.25, 0.3) is 0 Å². The molecule has 1 aromatic heterocycles. The van der Waals surface area contributed by atoms with Crippen LogP contribution in [-0.2, 0) is 0 Å². The topological polar surface area (TPSA) is 12.9 Å². The van der Waals surface area contributed by atoms with Gasteiger partial charge in [-0.3, -0.25) is 4.98 Å². The van der Waals surface area contributed by atoms with Gasteiger partial charge in [-0.25, -0.2) is 0 Å². The van der Waals surface area contributed by atoms with E-state index in [2.05, 4.69) is 11.9 Å². The molecule has 0 fully saturated rings. The Kier molecular flexibility index (Phi) is 1.52. The molecule has 0 atom stereocenters. The van der Waals surface area contributed by atoms with Crippen molar-refractivity contribution < 1.29 is 0 Å². The van der Waals surface area contributed by atoms with Crippen molar-refractivity contribution in [2.24, 2.45) is 0 Å². The molecule has 0 aliphatic heterocycles. The minimum Gasteiger partial charge on any atom is -0.261 e. The van der Waals surface area contributed by atoms with Gasteiger partial charge in [0.2, 0.25) is 0 Å².